The smallest absolute Gasteiger partial charge is 0.420 e. The number of halogens is 3. The Bertz CT molecular complexity index is 659. The average Bonchev–Trinajstić information content (AvgIpc) is 2.80. The molecule has 1 aromatic heterocycles. The fourth-order valence-electron chi connectivity index (χ4n) is 1.47. The van der Waals surface area contributed by atoms with E-state index in [0.29, 0.717) is 11.4 Å². The number of nitrogens with zero attached hydrogens (tertiary/aromatic N) is 3. The minimum Gasteiger partial charge on any atom is -0.486 e. The lowest BCUT2D eigenvalue weighted by Crippen LogP contribution is -2.09. The van der Waals surface area contributed by atoms with Crippen molar-refractivity contribution in [3.63, 3.8) is 0 Å². The third kappa shape index (κ3) is 2.88. The molecule has 0 saturated heterocycles. The quantitative estimate of drug-likeness (QED) is 0.866. The first-order valence-electron chi connectivity index (χ1n) is 5.44. The van der Waals surface area contributed by atoms with Crippen LogP contribution >= 0.6 is 0 Å². The summed E-state index contributed by atoms with van der Waals surface area (Å²) < 4.78 is 48.1. The zero-order valence-electron chi connectivity index (χ0n) is 10.2. The van der Waals surface area contributed by atoms with Crippen molar-refractivity contribution in [2.75, 3.05) is 0 Å². The first-order valence-corrected chi connectivity index (χ1v) is 5.44. The molecule has 0 aliphatic heterocycles. The van der Waals surface area contributed by atoms with Gasteiger partial charge in [-0.2, -0.15) is 18.4 Å². The fourth-order valence-corrected chi connectivity index (χ4v) is 1.47. The molecule has 0 aliphatic carbocycles. The zero-order valence-corrected chi connectivity index (χ0v) is 10.2. The molecule has 0 fully saturated rings. The summed E-state index contributed by atoms with van der Waals surface area (Å²) in [5.41, 5.74) is -0.357. The highest BCUT2D eigenvalue weighted by atomic mass is 19.4. The lowest BCUT2D eigenvalue weighted by Gasteiger charge is -2.13. The van der Waals surface area contributed by atoms with Crippen LogP contribution in [0.1, 0.15) is 22.5 Å². The number of nitriles is 1. The van der Waals surface area contributed by atoms with Crippen molar-refractivity contribution in [2.45, 2.75) is 19.7 Å². The van der Waals surface area contributed by atoms with E-state index in [-0.39, 0.29) is 17.9 Å². The maximum absolute atomic E-state index is 12.9. The van der Waals surface area contributed by atoms with Crippen LogP contribution in [0.4, 0.5) is 13.2 Å². The Labute approximate surface area is 111 Å². The van der Waals surface area contributed by atoms with Gasteiger partial charge in [0.05, 0.1) is 17.2 Å². The second kappa shape index (κ2) is 5.21. The van der Waals surface area contributed by atoms with Crippen LogP contribution in [0.2, 0.25) is 0 Å². The molecular formula is C12H8F3N3O2. The second-order valence-corrected chi connectivity index (χ2v) is 3.91. The summed E-state index contributed by atoms with van der Waals surface area (Å²) in [7, 11) is 0. The molecule has 8 heteroatoms. The molecule has 5 nitrogen and oxygen atoms in total. The Morgan fingerprint density at radius 2 is 2.10 bits per heavy atom. The van der Waals surface area contributed by atoms with Gasteiger partial charge in [-0.1, -0.05) is 10.3 Å². The van der Waals surface area contributed by atoms with Gasteiger partial charge < -0.3 is 4.74 Å². The molecule has 0 spiro atoms. The summed E-state index contributed by atoms with van der Waals surface area (Å²) in [5, 5.41) is 15.7. The Morgan fingerprint density at radius 3 is 2.65 bits per heavy atom. The highest BCUT2D eigenvalue weighted by Crippen LogP contribution is 2.37. The van der Waals surface area contributed by atoms with Crippen LogP contribution < -0.4 is 4.74 Å². The maximum Gasteiger partial charge on any atom is 0.420 e. The zero-order chi connectivity index (χ0) is 14.8. The molecule has 104 valence electrons. The van der Waals surface area contributed by atoms with Crippen molar-refractivity contribution in [1.82, 2.24) is 10.3 Å². The highest BCUT2D eigenvalue weighted by Gasteiger charge is 2.34. The number of hydrogen-bond acceptors (Lipinski definition) is 5. The van der Waals surface area contributed by atoms with Crippen LogP contribution in [-0.4, -0.2) is 10.3 Å². The molecule has 1 aromatic carbocycles. The molecule has 0 N–H and O–H groups in total. The van der Waals surface area contributed by atoms with Gasteiger partial charge >= 0.3 is 6.18 Å². The van der Waals surface area contributed by atoms with E-state index in [9.17, 15) is 13.2 Å². The predicted octanol–water partition coefficient (Wildman–Crippen LogP) is 2.85. The van der Waals surface area contributed by atoms with E-state index in [2.05, 4.69) is 14.9 Å². The lowest BCUT2D eigenvalue weighted by atomic mass is 10.1. The molecule has 1 heterocycles. The van der Waals surface area contributed by atoms with E-state index in [4.69, 9.17) is 10.00 Å². The number of alkyl halides is 3. The number of rotatable bonds is 3. The number of aryl methyl sites for hydroxylation is 1. The Morgan fingerprint density at radius 1 is 1.35 bits per heavy atom. The minimum atomic E-state index is -4.61. The van der Waals surface area contributed by atoms with Gasteiger partial charge in [-0.3, -0.25) is 0 Å². The van der Waals surface area contributed by atoms with Gasteiger partial charge in [0, 0.05) is 0 Å². The van der Waals surface area contributed by atoms with Gasteiger partial charge in [-0.15, -0.1) is 0 Å². The first kappa shape index (κ1) is 13.9. The van der Waals surface area contributed by atoms with Gasteiger partial charge in [-0.05, 0) is 25.1 Å². The largest absolute Gasteiger partial charge is 0.486 e. The van der Waals surface area contributed by atoms with E-state index in [0.717, 1.165) is 12.1 Å². The molecule has 2 aromatic rings. The first-order chi connectivity index (χ1) is 9.41. The third-order valence-corrected chi connectivity index (χ3v) is 2.52. The Balaban J connectivity index is 2.28. The van der Waals surface area contributed by atoms with Crippen LogP contribution in [0, 0.1) is 18.3 Å². The SMILES string of the molecule is Cc1nonc1COc1ccc(C#N)cc1C(F)(F)F. The number of benzene rings is 1. The molecule has 0 amide bonds. The summed E-state index contributed by atoms with van der Waals surface area (Å²) in [6.45, 7) is 1.39. The molecule has 0 aliphatic rings. The third-order valence-electron chi connectivity index (χ3n) is 2.52. The van der Waals surface area contributed by atoms with Gasteiger partial charge in [0.15, 0.2) is 0 Å². The molecule has 0 radical (unpaired) electrons. The van der Waals surface area contributed by atoms with Crippen LogP contribution in [0.25, 0.3) is 0 Å². The van der Waals surface area contributed by atoms with E-state index in [1.165, 1.54) is 6.07 Å². The molecule has 0 unspecified atom stereocenters. The van der Waals surface area contributed by atoms with Gasteiger partial charge in [-0.25, -0.2) is 4.63 Å². The molecule has 0 bridgehead atoms. The monoisotopic (exact) mass is 283 g/mol. The summed E-state index contributed by atoms with van der Waals surface area (Å²) in [6, 6.07) is 4.74. The van der Waals surface area contributed by atoms with E-state index < -0.39 is 11.7 Å². The van der Waals surface area contributed by atoms with E-state index in [1.54, 1.807) is 13.0 Å². The minimum absolute atomic E-state index is 0.0936. The normalized spacial score (nSPS) is 11.2. The molecular weight excluding hydrogens is 275 g/mol. The fraction of sp³-hybridized carbons (Fsp3) is 0.250. The Hall–Kier alpha value is -2.56. The van der Waals surface area contributed by atoms with Crippen LogP contribution in [0.15, 0.2) is 22.8 Å². The lowest BCUT2D eigenvalue weighted by molar-refractivity contribution is -0.139. The van der Waals surface area contributed by atoms with Crippen LogP contribution in [0.5, 0.6) is 5.75 Å². The van der Waals surface area contributed by atoms with Crippen molar-refractivity contribution < 1.29 is 22.5 Å². The maximum atomic E-state index is 12.9. The van der Waals surface area contributed by atoms with Gasteiger partial charge in [0.2, 0.25) is 0 Å². The van der Waals surface area contributed by atoms with Crippen molar-refractivity contribution in [1.29, 1.82) is 5.26 Å². The van der Waals surface area contributed by atoms with Gasteiger partial charge in [0.1, 0.15) is 23.7 Å². The predicted molar refractivity (Wildman–Crippen MR) is 59.5 cm³/mol. The molecule has 0 atom stereocenters. The van der Waals surface area contributed by atoms with Crippen molar-refractivity contribution >= 4 is 0 Å². The molecule has 0 saturated carbocycles. The highest BCUT2D eigenvalue weighted by molar-refractivity contribution is 5.43. The number of hydrogen-bond donors (Lipinski definition) is 0. The summed E-state index contributed by atoms with van der Waals surface area (Å²) in [4.78, 5) is 0. The average molecular weight is 283 g/mol. The Kier molecular flexibility index (Phi) is 3.61. The number of aromatic nitrogens is 2. The van der Waals surface area contributed by atoms with Crippen LogP contribution in [-0.2, 0) is 12.8 Å². The second-order valence-electron chi connectivity index (χ2n) is 3.91. The molecule has 20 heavy (non-hydrogen) atoms. The molecule has 2 rings (SSSR count). The summed E-state index contributed by atoms with van der Waals surface area (Å²) in [5.74, 6) is -0.376. The topological polar surface area (TPSA) is 71.9 Å². The van der Waals surface area contributed by atoms with Crippen LogP contribution in [0.3, 0.4) is 0 Å². The van der Waals surface area contributed by atoms with Crippen molar-refractivity contribution in [3.05, 3.63) is 40.7 Å². The van der Waals surface area contributed by atoms with Gasteiger partial charge in [0.25, 0.3) is 0 Å². The number of ether oxygens (including phenoxy) is 1. The van der Waals surface area contributed by atoms with Crippen molar-refractivity contribution in [2.24, 2.45) is 0 Å². The van der Waals surface area contributed by atoms with E-state index >= 15 is 0 Å². The summed E-state index contributed by atoms with van der Waals surface area (Å²) >= 11 is 0. The van der Waals surface area contributed by atoms with Crippen molar-refractivity contribution in [3.8, 4) is 11.8 Å². The standard InChI is InChI=1S/C12H8F3N3O2/c1-7-10(18-20-17-7)6-19-11-3-2-8(5-16)4-9(11)12(13,14)15/h2-4H,6H2,1H3. The summed E-state index contributed by atoms with van der Waals surface area (Å²) in [6.07, 6.45) is -4.61. The van der Waals surface area contributed by atoms with E-state index in [1.807, 2.05) is 0 Å².